The number of nitrogens with one attached hydrogen (secondary N) is 2. The first kappa shape index (κ1) is 21.8. The molecule has 0 unspecified atom stereocenters. The lowest BCUT2D eigenvalue weighted by molar-refractivity contribution is 0.242. The molecule has 2 aromatic rings. The number of ether oxygens (including phenoxy) is 3. The van der Waals surface area contributed by atoms with Crippen molar-refractivity contribution in [1.29, 1.82) is 0 Å². The molecule has 2 N–H and O–H groups in total. The largest absolute Gasteiger partial charge is 0.491 e. The highest BCUT2D eigenvalue weighted by Gasteiger charge is 2.12. The van der Waals surface area contributed by atoms with Crippen LogP contribution < -0.4 is 24.8 Å². The molecule has 5 nitrogen and oxygen atoms in total. The van der Waals surface area contributed by atoms with Crippen LogP contribution in [-0.4, -0.2) is 24.4 Å². The monoisotopic (exact) mass is 402 g/mol. The fourth-order valence-electron chi connectivity index (χ4n) is 2.70. The number of hydrogen-bond donors (Lipinski definition) is 2. The standard InChI is InChI=1S/C22H30N2O3S/c1-6-25-20-12-11-17(13-21(20)26-7-2)16(5)23-22(28)24-18-9-8-10-19(14-18)27-15(3)4/h8-16H,6-7H2,1-5H3,(H2,23,24,28)/t16-/m0/s1. The Balaban J connectivity index is 2.03. The van der Waals surface area contributed by atoms with E-state index in [0.717, 1.165) is 28.5 Å². The van der Waals surface area contributed by atoms with E-state index in [2.05, 4.69) is 17.6 Å². The van der Waals surface area contributed by atoms with Gasteiger partial charge in [-0.25, -0.2) is 0 Å². The third-order valence-electron chi connectivity index (χ3n) is 3.88. The second-order valence-corrected chi connectivity index (χ2v) is 7.00. The van der Waals surface area contributed by atoms with Gasteiger partial charge in [-0.1, -0.05) is 12.1 Å². The highest BCUT2D eigenvalue weighted by molar-refractivity contribution is 7.80. The summed E-state index contributed by atoms with van der Waals surface area (Å²) in [7, 11) is 0. The van der Waals surface area contributed by atoms with E-state index in [1.807, 2.05) is 70.2 Å². The molecule has 0 bridgehead atoms. The second-order valence-electron chi connectivity index (χ2n) is 6.59. The summed E-state index contributed by atoms with van der Waals surface area (Å²) in [6.45, 7) is 11.2. The molecule has 2 rings (SSSR count). The zero-order chi connectivity index (χ0) is 20.5. The van der Waals surface area contributed by atoms with Gasteiger partial charge in [0.15, 0.2) is 16.6 Å². The van der Waals surface area contributed by atoms with Gasteiger partial charge in [0.05, 0.1) is 25.4 Å². The van der Waals surface area contributed by atoms with Crippen LogP contribution in [0.1, 0.15) is 46.2 Å². The van der Waals surface area contributed by atoms with Crippen LogP contribution in [0.25, 0.3) is 0 Å². The summed E-state index contributed by atoms with van der Waals surface area (Å²) in [5.41, 5.74) is 1.94. The van der Waals surface area contributed by atoms with Crippen LogP contribution in [0.2, 0.25) is 0 Å². The van der Waals surface area contributed by atoms with E-state index < -0.39 is 0 Å². The van der Waals surface area contributed by atoms with Crippen LogP contribution in [-0.2, 0) is 0 Å². The van der Waals surface area contributed by atoms with E-state index in [-0.39, 0.29) is 12.1 Å². The van der Waals surface area contributed by atoms with Gasteiger partial charge in [-0.3, -0.25) is 0 Å². The smallest absolute Gasteiger partial charge is 0.171 e. The molecule has 0 saturated carbocycles. The first-order chi connectivity index (χ1) is 13.4. The second kappa shape index (κ2) is 10.8. The number of thiocarbonyl (C=S) groups is 1. The molecule has 0 aromatic heterocycles. The quantitative estimate of drug-likeness (QED) is 0.554. The van der Waals surface area contributed by atoms with Crippen molar-refractivity contribution >= 4 is 23.0 Å². The van der Waals surface area contributed by atoms with Crippen molar-refractivity contribution in [2.24, 2.45) is 0 Å². The van der Waals surface area contributed by atoms with Gasteiger partial charge in [-0.2, -0.15) is 0 Å². The van der Waals surface area contributed by atoms with Crippen LogP contribution in [0.4, 0.5) is 5.69 Å². The van der Waals surface area contributed by atoms with Gasteiger partial charge >= 0.3 is 0 Å². The van der Waals surface area contributed by atoms with E-state index in [0.29, 0.717) is 18.3 Å². The van der Waals surface area contributed by atoms with Gasteiger partial charge in [0.2, 0.25) is 0 Å². The van der Waals surface area contributed by atoms with E-state index in [1.54, 1.807) is 0 Å². The van der Waals surface area contributed by atoms with Gasteiger partial charge in [-0.05, 0) is 76.7 Å². The molecule has 2 aromatic carbocycles. The molecule has 0 aliphatic carbocycles. The Kier molecular flexibility index (Phi) is 8.39. The van der Waals surface area contributed by atoms with Crippen molar-refractivity contribution in [1.82, 2.24) is 5.32 Å². The van der Waals surface area contributed by atoms with Gasteiger partial charge < -0.3 is 24.8 Å². The highest BCUT2D eigenvalue weighted by Crippen LogP contribution is 2.30. The Morgan fingerprint density at radius 2 is 1.68 bits per heavy atom. The Morgan fingerprint density at radius 3 is 2.36 bits per heavy atom. The lowest BCUT2D eigenvalue weighted by Gasteiger charge is -2.19. The number of rotatable bonds is 9. The molecular formula is C22H30N2O3S. The minimum Gasteiger partial charge on any atom is -0.491 e. The summed E-state index contributed by atoms with van der Waals surface area (Å²) in [6, 6.07) is 13.7. The third kappa shape index (κ3) is 6.60. The SMILES string of the molecule is CCOc1ccc([C@H](C)NC(=S)Nc2cccc(OC(C)C)c2)cc1OCC. The molecule has 0 radical (unpaired) electrons. The van der Waals surface area contributed by atoms with Crippen molar-refractivity contribution in [2.75, 3.05) is 18.5 Å². The molecule has 6 heteroatoms. The van der Waals surface area contributed by atoms with Crippen LogP contribution >= 0.6 is 12.2 Å². The minimum atomic E-state index is 0.00461. The van der Waals surface area contributed by atoms with E-state index in [4.69, 9.17) is 26.4 Å². The molecule has 152 valence electrons. The molecule has 0 fully saturated rings. The van der Waals surface area contributed by atoms with Crippen molar-refractivity contribution < 1.29 is 14.2 Å². The maximum absolute atomic E-state index is 5.72. The normalized spacial score (nSPS) is 11.6. The Labute approximate surface area is 173 Å². The summed E-state index contributed by atoms with van der Waals surface area (Å²) in [5, 5.41) is 7.06. The Hall–Kier alpha value is -2.47. The van der Waals surface area contributed by atoms with E-state index >= 15 is 0 Å². The lowest BCUT2D eigenvalue weighted by Crippen LogP contribution is -2.30. The molecule has 0 aliphatic rings. The number of anilines is 1. The molecular weight excluding hydrogens is 372 g/mol. The fourth-order valence-corrected chi connectivity index (χ4v) is 3.00. The summed E-state index contributed by atoms with van der Waals surface area (Å²) in [4.78, 5) is 0. The molecule has 0 aliphatic heterocycles. The highest BCUT2D eigenvalue weighted by atomic mass is 32.1. The molecule has 1 atom stereocenters. The van der Waals surface area contributed by atoms with E-state index in [1.165, 1.54) is 0 Å². The predicted octanol–water partition coefficient (Wildman–Crippen LogP) is 5.32. The van der Waals surface area contributed by atoms with E-state index in [9.17, 15) is 0 Å². The maximum atomic E-state index is 5.72. The third-order valence-corrected chi connectivity index (χ3v) is 4.10. The van der Waals surface area contributed by atoms with Crippen LogP contribution in [0, 0.1) is 0 Å². The summed E-state index contributed by atoms with van der Waals surface area (Å²) in [6.07, 6.45) is 0.125. The summed E-state index contributed by atoms with van der Waals surface area (Å²) in [5.74, 6) is 2.31. The lowest BCUT2D eigenvalue weighted by atomic mass is 10.1. The Morgan fingerprint density at radius 1 is 0.964 bits per heavy atom. The van der Waals surface area contributed by atoms with Crippen molar-refractivity contribution in [3.63, 3.8) is 0 Å². The predicted molar refractivity (Wildman–Crippen MR) is 119 cm³/mol. The fraction of sp³-hybridized carbons (Fsp3) is 0.409. The van der Waals surface area contributed by atoms with Crippen LogP contribution in [0.15, 0.2) is 42.5 Å². The first-order valence-electron chi connectivity index (χ1n) is 9.66. The summed E-state index contributed by atoms with van der Waals surface area (Å²) < 4.78 is 17.1. The Bertz CT molecular complexity index is 780. The number of hydrogen-bond acceptors (Lipinski definition) is 4. The van der Waals surface area contributed by atoms with Gasteiger partial charge in [0.1, 0.15) is 5.75 Å². The maximum Gasteiger partial charge on any atom is 0.171 e. The average Bonchev–Trinajstić information content (AvgIpc) is 2.63. The van der Waals surface area contributed by atoms with Gasteiger partial charge in [0.25, 0.3) is 0 Å². The zero-order valence-corrected chi connectivity index (χ0v) is 18.1. The average molecular weight is 403 g/mol. The van der Waals surface area contributed by atoms with Crippen molar-refractivity contribution in [3.8, 4) is 17.2 Å². The molecule has 0 amide bonds. The molecule has 0 heterocycles. The number of benzene rings is 2. The molecule has 28 heavy (non-hydrogen) atoms. The zero-order valence-electron chi connectivity index (χ0n) is 17.2. The van der Waals surface area contributed by atoms with Crippen molar-refractivity contribution in [2.45, 2.75) is 46.8 Å². The molecule has 0 spiro atoms. The van der Waals surface area contributed by atoms with Gasteiger partial charge in [0, 0.05) is 11.8 Å². The van der Waals surface area contributed by atoms with Crippen LogP contribution in [0.5, 0.6) is 17.2 Å². The topological polar surface area (TPSA) is 51.8 Å². The summed E-state index contributed by atoms with van der Waals surface area (Å²) >= 11 is 5.48. The van der Waals surface area contributed by atoms with Gasteiger partial charge in [-0.15, -0.1) is 0 Å². The van der Waals surface area contributed by atoms with Crippen molar-refractivity contribution in [3.05, 3.63) is 48.0 Å². The minimum absolute atomic E-state index is 0.00461. The first-order valence-corrected chi connectivity index (χ1v) is 10.1. The van der Waals surface area contributed by atoms with Crippen LogP contribution in [0.3, 0.4) is 0 Å². The molecule has 0 saturated heterocycles.